The van der Waals surface area contributed by atoms with Gasteiger partial charge in [0.25, 0.3) is 0 Å². The third kappa shape index (κ3) is 3.68. The molecule has 0 aromatic carbocycles. The first kappa shape index (κ1) is 14.8. The molecule has 2 aliphatic heterocycles. The third-order valence-corrected chi connectivity index (χ3v) is 4.35. The maximum absolute atomic E-state index is 11.5. The molecule has 19 heavy (non-hydrogen) atoms. The fourth-order valence-electron chi connectivity index (χ4n) is 3.13. The second-order valence-corrected chi connectivity index (χ2v) is 5.43. The summed E-state index contributed by atoms with van der Waals surface area (Å²) >= 11 is 0. The van der Waals surface area contributed by atoms with Crippen molar-refractivity contribution in [2.75, 3.05) is 40.0 Å². The topological polar surface area (TPSA) is 48.0 Å². The van der Waals surface area contributed by atoms with Crippen LogP contribution < -0.4 is 0 Å². The molecule has 110 valence electrons. The molecule has 0 amide bonds. The Morgan fingerprint density at radius 2 is 2.11 bits per heavy atom. The van der Waals surface area contributed by atoms with Crippen LogP contribution in [-0.4, -0.2) is 62.5 Å². The maximum atomic E-state index is 11.5. The van der Waals surface area contributed by atoms with Crippen molar-refractivity contribution in [3.05, 3.63) is 0 Å². The lowest BCUT2D eigenvalue weighted by Gasteiger charge is -2.46. The van der Waals surface area contributed by atoms with E-state index in [4.69, 9.17) is 14.2 Å². The minimum Gasteiger partial charge on any atom is -0.468 e. The van der Waals surface area contributed by atoms with Crippen molar-refractivity contribution < 1.29 is 19.0 Å². The Balaban J connectivity index is 1.96. The average molecular weight is 271 g/mol. The SMILES string of the molecule is CCN(CC(=O)OC)C1CCOC2(CCOCC2)C1. The summed E-state index contributed by atoms with van der Waals surface area (Å²) in [6, 6.07) is 0.413. The second kappa shape index (κ2) is 6.68. The molecule has 2 aliphatic rings. The molecule has 0 aliphatic carbocycles. The highest BCUT2D eigenvalue weighted by Gasteiger charge is 2.40. The molecule has 0 bridgehead atoms. The Hall–Kier alpha value is -0.650. The van der Waals surface area contributed by atoms with Crippen LogP contribution in [0, 0.1) is 0 Å². The molecular weight excluding hydrogens is 246 g/mol. The number of hydrogen-bond acceptors (Lipinski definition) is 5. The standard InChI is InChI=1S/C14H25NO4/c1-3-15(11-13(16)17-2)12-4-7-19-14(10-12)5-8-18-9-6-14/h12H,3-11H2,1-2H3. The van der Waals surface area contributed by atoms with Gasteiger partial charge in [-0.05, 0) is 32.2 Å². The first-order chi connectivity index (χ1) is 9.19. The van der Waals surface area contributed by atoms with Crippen LogP contribution in [0.4, 0.5) is 0 Å². The average Bonchev–Trinajstić information content (AvgIpc) is 2.45. The molecule has 0 aromatic rings. The number of nitrogens with zero attached hydrogens (tertiary/aromatic N) is 1. The molecule has 2 heterocycles. The number of methoxy groups -OCH3 is 1. The number of esters is 1. The summed E-state index contributed by atoms with van der Waals surface area (Å²) in [6.07, 6.45) is 3.94. The first-order valence-electron chi connectivity index (χ1n) is 7.22. The van der Waals surface area contributed by atoms with E-state index in [-0.39, 0.29) is 11.6 Å². The van der Waals surface area contributed by atoms with Crippen molar-refractivity contribution in [3.63, 3.8) is 0 Å². The second-order valence-electron chi connectivity index (χ2n) is 5.43. The van der Waals surface area contributed by atoms with E-state index in [9.17, 15) is 4.79 Å². The van der Waals surface area contributed by atoms with Crippen molar-refractivity contribution in [1.29, 1.82) is 0 Å². The lowest BCUT2D eigenvalue weighted by molar-refractivity contribution is -0.157. The summed E-state index contributed by atoms with van der Waals surface area (Å²) in [7, 11) is 1.44. The molecule has 2 fully saturated rings. The Morgan fingerprint density at radius 1 is 1.37 bits per heavy atom. The van der Waals surface area contributed by atoms with Gasteiger partial charge in [-0.2, -0.15) is 0 Å². The van der Waals surface area contributed by atoms with Crippen LogP contribution in [0.15, 0.2) is 0 Å². The fraction of sp³-hybridized carbons (Fsp3) is 0.929. The predicted molar refractivity (Wildman–Crippen MR) is 71.0 cm³/mol. The van der Waals surface area contributed by atoms with E-state index < -0.39 is 0 Å². The van der Waals surface area contributed by atoms with Crippen LogP contribution in [0.2, 0.25) is 0 Å². The van der Waals surface area contributed by atoms with Gasteiger partial charge >= 0.3 is 5.97 Å². The van der Waals surface area contributed by atoms with Crippen molar-refractivity contribution in [2.45, 2.75) is 44.2 Å². The summed E-state index contributed by atoms with van der Waals surface area (Å²) in [4.78, 5) is 13.7. The molecule has 5 nitrogen and oxygen atoms in total. The molecule has 0 N–H and O–H groups in total. The highest BCUT2D eigenvalue weighted by Crippen LogP contribution is 2.35. The van der Waals surface area contributed by atoms with Gasteiger partial charge in [-0.15, -0.1) is 0 Å². The van der Waals surface area contributed by atoms with Crippen LogP contribution in [0.5, 0.6) is 0 Å². The smallest absolute Gasteiger partial charge is 0.319 e. The Morgan fingerprint density at radius 3 is 2.74 bits per heavy atom. The van der Waals surface area contributed by atoms with E-state index in [0.717, 1.165) is 52.0 Å². The van der Waals surface area contributed by atoms with E-state index in [1.54, 1.807) is 0 Å². The lowest BCUT2D eigenvalue weighted by Crippen LogP contribution is -2.52. The molecule has 0 saturated carbocycles. The maximum Gasteiger partial charge on any atom is 0.319 e. The first-order valence-corrected chi connectivity index (χ1v) is 7.22. The number of likely N-dealkylation sites (N-methyl/N-ethyl adjacent to an activating group) is 1. The van der Waals surface area contributed by atoms with Crippen LogP contribution >= 0.6 is 0 Å². The summed E-state index contributed by atoms with van der Waals surface area (Å²) < 4.78 is 16.3. The number of ether oxygens (including phenoxy) is 3. The van der Waals surface area contributed by atoms with Gasteiger partial charge in [0.1, 0.15) is 0 Å². The highest BCUT2D eigenvalue weighted by molar-refractivity contribution is 5.71. The monoisotopic (exact) mass is 271 g/mol. The van der Waals surface area contributed by atoms with Crippen molar-refractivity contribution >= 4 is 5.97 Å². The molecular formula is C14H25NO4. The van der Waals surface area contributed by atoms with Gasteiger partial charge < -0.3 is 14.2 Å². The van der Waals surface area contributed by atoms with E-state index in [1.165, 1.54) is 7.11 Å². The van der Waals surface area contributed by atoms with Crippen molar-refractivity contribution in [3.8, 4) is 0 Å². The molecule has 1 atom stereocenters. The van der Waals surface area contributed by atoms with E-state index in [2.05, 4.69) is 11.8 Å². The minimum atomic E-state index is -0.158. The number of carbonyl (C=O) groups excluding carboxylic acids is 1. The minimum absolute atomic E-state index is 0.0231. The van der Waals surface area contributed by atoms with Gasteiger partial charge in [-0.25, -0.2) is 0 Å². The lowest BCUT2D eigenvalue weighted by atomic mass is 9.83. The van der Waals surface area contributed by atoms with E-state index in [1.807, 2.05) is 0 Å². The summed E-state index contributed by atoms with van der Waals surface area (Å²) in [5.41, 5.74) is -0.0231. The highest BCUT2D eigenvalue weighted by atomic mass is 16.5. The van der Waals surface area contributed by atoms with Crippen LogP contribution in [0.1, 0.15) is 32.6 Å². The van der Waals surface area contributed by atoms with Gasteiger partial charge in [-0.3, -0.25) is 9.69 Å². The van der Waals surface area contributed by atoms with Gasteiger partial charge in [0.05, 0.1) is 19.3 Å². The zero-order chi connectivity index (χ0) is 13.7. The quantitative estimate of drug-likeness (QED) is 0.719. The van der Waals surface area contributed by atoms with Gasteiger partial charge in [0.15, 0.2) is 0 Å². The van der Waals surface area contributed by atoms with Crippen LogP contribution in [0.3, 0.4) is 0 Å². The normalized spacial score (nSPS) is 26.6. The molecule has 5 heteroatoms. The third-order valence-electron chi connectivity index (χ3n) is 4.35. The number of carbonyl (C=O) groups is 1. The number of hydrogen-bond donors (Lipinski definition) is 0. The van der Waals surface area contributed by atoms with Crippen LogP contribution in [0.25, 0.3) is 0 Å². The number of rotatable bonds is 4. The summed E-state index contributed by atoms with van der Waals surface area (Å²) in [6.45, 7) is 5.69. The van der Waals surface area contributed by atoms with Crippen molar-refractivity contribution in [2.24, 2.45) is 0 Å². The molecule has 0 radical (unpaired) electrons. The molecule has 1 spiro atoms. The Labute approximate surface area is 115 Å². The Kier molecular flexibility index (Phi) is 5.19. The zero-order valence-electron chi connectivity index (χ0n) is 12.0. The predicted octanol–water partition coefficient (Wildman–Crippen LogP) is 1.21. The summed E-state index contributed by atoms with van der Waals surface area (Å²) in [5, 5.41) is 0. The molecule has 2 rings (SSSR count). The summed E-state index contributed by atoms with van der Waals surface area (Å²) in [5.74, 6) is -0.158. The zero-order valence-corrected chi connectivity index (χ0v) is 12.0. The van der Waals surface area contributed by atoms with E-state index in [0.29, 0.717) is 12.6 Å². The molecule has 1 unspecified atom stereocenters. The molecule has 0 aromatic heterocycles. The van der Waals surface area contributed by atoms with Gasteiger partial charge in [-0.1, -0.05) is 6.92 Å². The van der Waals surface area contributed by atoms with Gasteiger partial charge in [0, 0.05) is 25.9 Å². The van der Waals surface area contributed by atoms with Crippen molar-refractivity contribution in [1.82, 2.24) is 4.90 Å². The van der Waals surface area contributed by atoms with E-state index >= 15 is 0 Å². The van der Waals surface area contributed by atoms with Crippen LogP contribution in [-0.2, 0) is 19.0 Å². The largest absolute Gasteiger partial charge is 0.468 e. The molecule has 2 saturated heterocycles. The fourth-order valence-corrected chi connectivity index (χ4v) is 3.13. The van der Waals surface area contributed by atoms with Gasteiger partial charge in [0.2, 0.25) is 0 Å². The Bertz CT molecular complexity index is 296.